The molecule has 2 aromatic rings. The van der Waals surface area contributed by atoms with Gasteiger partial charge >= 0.3 is 0 Å². The SMILES string of the molecule is Cc1c(N)cc(C(=O)NCc2nncn2C)cc1F. The fourth-order valence-electron chi connectivity index (χ4n) is 1.56. The Balaban J connectivity index is 2.10. The Labute approximate surface area is 109 Å². The van der Waals surface area contributed by atoms with Gasteiger partial charge in [0.2, 0.25) is 0 Å². The monoisotopic (exact) mass is 263 g/mol. The third-order valence-electron chi connectivity index (χ3n) is 2.86. The van der Waals surface area contributed by atoms with Gasteiger partial charge in [0, 0.05) is 23.9 Å². The molecular formula is C12H14FN5O. The number of carbonyl (C=O) groups is 1. The zero-order valence-corrected chi connectivity index (χ0v) is 10.6. The molecule has 1 amide bonds. The zero-order valence-electron chi connectivity index (χ0n) is 10.6. The van der Waals surface area contributed by atoms with Crippen LogP contribution in [0.3, 0.4) is 0 Å². The molecule has 7 heteroatoms. The second-order valence-corrected chi connectivity index (χ2v) is 4.21. The Morgan fingerprint density at radius 2 is 2.26 bits per heavy atom. The second kappa shape index (κ2) is 5.05. The van der Waals surface area contributed by atoms with Crippen LogP contribution in [0.4, 0.5) is 10.1 Å². The van der Waals surface area contributed by atoms with E-state index >= 15 is 0 Å². The molecule has 0 bridgehead atoms. The molecule has 19 heavy (non-hydrogen) atoms. The summed E-state index contributed by atoms with van der Waals surface area (Å²) in [5.41, 5.74) is 6.40. The molecule has 3 N–H and O–H groups in total. The molecule has 0 atom stereocenters. The first-order chi connectivity index (χ1) is 8.99. The van der Waals surface area contributed by atoms with E-state index in [0.29, 0.717) is 11.4 Å². The lowest BCUT2D eigenvalue weighted by molar-refractivity contribution is 0.0949. The van der Waals surface area contributed by atoms with Crippen molar-refractivity contribution in [1.29, 1.82) is 0 Å². The Morgan fingerprint density at radius 3 is 2.84 bits per heavy atom. The molecule has 0 radical (unpaired) electrons. The van der Waals surface area contributed by atoms with Crippen LogP contribution in [0.2, 0.25) is 0 Å². The number of benzene rings is 1. The van der Waals surface area contributed by atoms with Gasteiger partial charge in [-0.25, -0.2) is 4.39 Å². The third kappa shape index (κ3) is 2.70. The quantitative estimate of drug-likeness (QED) is 0.801. The maximum atomic E-state index is 13.5. The van der Waals surface area contributed by atoms with Crippen molar-refractivity contribution in [2.24, 2.45) is 7.05 Å². The number of aryl methyl sites for hydroxylation is 1. The second-order valence-electron chi connectivity index (χ2n) is 4.21. The molecule has 0 saturated heterocycles. The average molecular weight is 263 g/mol. The predicted molar refractivity (Wildman–Crippen MR) is 67.7 cm³/mol. The first-order valence-corrected chi connectivity index (χ1v) is 5.65. The Bertz CT molecular complexity index is 599. The minimum Gasteiger partial charge on any atom is -0.398 e. The largest absolute Gasteiger partial charge is 0.398 e. The van der Waals surface area contributed by atoms with E-state index < -0.39 is 11.7 Å². The Kier molecular flexibility index (Phi) is 3.46. The third-order valence-corrected chi connectivity index (χ3v) is 2.86. The molecule has 6 nitrogen and oxygen atoms in total. The topological polar surface area (TPSA) is 85.8 Å². The van der Waals surface area contributed by atoms with Gasteiger partial charge in [0.25, 0.3) is 5.91 Å². The van der Waals surface area contributed by atoms with Gasteiger partial charge in [-0.2, -0.15) is 0 Å². The van der Waals surface area contributed by atoms with Gasteiger partial charge in [0.15, 0.2) is 5.82 Å². The maximum absolute atomic E-state index is 13.5. The summed E-state index contributed by atoms with van der Waals surface area (Å²) in [6.45, 7) is 1.77. The van der Waals surface area contributed by atoms with E-state index in [1.54, 1.807) is 18.5 Å². The number of nitrogen functional groups attached to an aromatic ring is 1. The van der Waals surface area contributed by atoms with E-state index in [1.165, 1.54) is 12.4 Å². The number of carbonyl (C=O) groups excluding carboxylic acids is 1. The highest BCUT2D eigenvalue weighted by Crippen LogP contribution is 2.17. The fourth-order valence-corrected chi connectivity index (χ4v) is 1.56. The van der Waals surface area contributed by atoms with Gasteiger partial charge in [0.1, 0.15) is 12.1 Å². The van der Waals surface area contributed by atoms with Crippen molar-refractivity contribution in [3.05, 3.63) is 41.2 Å². The van der Waals surface area contributed by atoms with Crippen molar-refractivity contribution < 1.29 is 9.18 Å². The Morgan fingerprint density at radius 1 is 1.53 bits per heavy atom. The summed E-state index contributed by atoms with van der Waals surface area (Å²) < 4.78 is 15.2. The van der Waals surface area contributed by atoms with E-state index in [2.05, 4.69) is 15.5 Å². The smallest absolute Gasteiger partial charge is 0.251 e. The minimum atomic E-state index is -0.496. The molecule has 100 valence electrons. The summed E-state index contributed by atoms with van der Waals surface area (Å²) in [6, 6.07) is 2.61. The number of aromatic nitrogens is 3. The number of amides is 1. The van der Waals surface area contributed by atoms with Gasteiger partial charge in [-0.05, 0) is 19.1 Å². The van der Waals surface area contributed by atoms with Crippen LogP contribution < -0.4 is 11.1 Å². The molecule has 0 fully saturated rings. The van der Waals surface area contributed by atoms with E-state index in [1.807, 2.05) is 0 Å². The molecule has 1 aromatic carbocycles. The van der Waals surface area contributed by atoms with Crippen LogP contribution in [0, 0.1) is 12.7 Å². The number of nitrogens with two attached hydrogens (primary N) is 1. The number of halogens is 1. The summed E-state index contributed by atoms with van der Waals surface area (Å²) >= 11 is 0. The van der Waals surface area contributed by atoms with Crippen molar-refractivity contribution in [2.75, 3.05) is 5.73 Å². The molecule has 0 aliphatic heterocycles. The highest BCUT2D eigenvalue weighted by Gasteiger charge is 2.11. The molecule has 0 aliphatic carbocycles. The maximum Gasteiger partial charge on any atom is 0.251 e. The van der Waals surface area contributed by atoms with Crippen LogP contribution in [0.25, 0.3) is 0 Å². The van der Waals surface area contributed by atoms with Crippen LogP contribution in [0.1, 0.15) is 21.7 Å². The van der Waals surface area contributed by atoms with E-state index in [-0.39, 0.29) is 17.8 Å². The summed E-state index contributed by atoms with van der Waals surface area (Å²) in [5, 5.41) is 10.2. The molecular weight excluding hydrogens is 249 g/mol. The fraction of sp³-hybridized carbons (Fsp3) is 0.250. The zero-order chi connectivity index (χ0) is 14.0. The van der Waals surface area contributed by atoms with Crippen molar-refractivity contribution >= 4 is 11.6 Å². The minimum absolute atomic E-state index is 0.183. The summed E-state index contributed by atoms with van der Waals surface area (Å²) in [4.78, 5) is 11.9. The number of nitrogens with one attached hydrogen (secondary N) is 1. The van der Waals surface area contributed by atoms with Crippen LogP contribution in [-0.2, 0) is 13.6 Å². The summed E-state index contributed by atoms with van der Waals surface area (Å²) in [6.07, 6.45) is 1.53. The lowest BCUT2D eigenvalue weighted by Crippen LogP contribution is -2.24. The van der Waals surface area contributed by atoms with E-state index in [0.717, 1.165) is 6.07 Å². The van der Waals surface area contributed by atoms with Crippen LogP contribution in [0.5, 0.6) is 0 Å². The normalized spacial score (nSPS) is 10.5. The molecule has 1 aromatic heterocycles. The lowest BCUT2D eigenvalue weighted by Gasteiger charge is -2.07. The standard InChI is InChI=1S/C12H14FN5O/c1-7-9(13)3-8(4-10(7)14)12(19)15-5-11-17-16-6-18(11)2/h3-4,6H,5,14H2,1-2H3,(H,15,19). The van der Waals surface area contributed by atoms with E-state index in [4.69, 9.17) is 5.73 Å². The van der Waals surface area contributed by atoms with Gasteiger partial charge < -0.3 is 15.6 Å². The molecule has 0 spiro atoms. The van der Waals surface area contributed by atoms with Gasteiger partial charge in [0.05, 0.1) is 6.54 Å². The molecule has 0 saturated carbocycles. The summed E-state index contributed by atoms with van der Waals surface area (Å²) in [7, 11) is 1.77. The average Bonchev–Trinajstić information content (AvgIpc) is 2.78. The van der Waals surface area contributed by atoms with Gasteiger partial charge in [-0.3, -0.25) is 4.79 Å². The highest BCUT2D eigenvalue weighted by molar-refractivity contribution is 5.95. The summed E-state index contributed by atoms with van der Waals surface area (Å²) in [5.74, 6) is -0.300. The Hall–Kier alpha value is -2.44. The van der Waals surface area contributed by atoms with E-state index in [9.17, 15) is 9.18 Å². The van der Waals surface area contributed by atoms with Crippen molar-refractivity contribution in [3.8, 4) is 0 Å². The lowest BCUT2D eigenvalue weighted by atomic mass is 10.1. The van der Waals surface area contributed by atoms with Crippen LogP contribution in [-0.4, -0.2) is 20.7 Å². The molecule has 0 unspecified atom stereocenters. The number of hydrogen-bond acceptors (Lipinski definition) is 4. The van der Waals surface area contributed by atoms with Crippen molar-refractivity contribution in [1.82, 2.24) is 20.1 Å². The van der Waals surface area contributed by atoms with Crippen molar-refractivity contribution in [2.45, 2.75) is 13.5 Å². The molecule has 2 rings (SSSR count). The highest BCUT2D eigenvalue weighted by atomic mass is 19.1. The molecule has 0 aliphatic rings. The first-order valence-electron chi connectivity index (χ1n) is 5.65. The first kappa shape index (κ1) is 13.0. The van der Waals surface area contributed by atoms with Crippen LogP contribution in [0.15, 0.2) is 18.5 Å². The number of anilines is 1. The molecule has 1 heterocycles. The number of rotatable bonds is 3. The van der Waals surface area contributed by atoms with Crippen LogP contribution >= 0.6 is 0 Å². The van der Waals surface area contributed by atoms with Gasteiger partial charge in [-0.15, -0.1) is 10.2 Å². The predicted octanol–water partition coefficient (Wildman–Crippen LogP) is 0.775. The van der Waals surface area contributed by atoms with Gasteiger partial charge in [-0.1, -0.05) is 0 Å². The number of hydrogen-bond donors (Lipinski definition) is 2. The van der Waals surface area contributed by atoms with Crippen molar-refractivity contribution in [3.63, 3.8) is 0 Å². The number of nitrogens with zero attached hydrogens (tertiary/aromatic N) is 3.